The molecule has 0 saturated carbocycles. The molecule has 0 bridgehead atoms. The first kappa shape index (κ1) is 25.2. The van der Waals surface area contributed by atoms with Crippen LogP contribution >= 0.6 is 11.8 Å². The van der Waals surface area contributed by atoms with Gasteiger partial charge in [-0.3, -0.25) is 14.2 Å². The van der Waals surface area contributed by atoms with Crippen LogP contribution in [0.3, 0.4) is 0 Å². The molecule has 0 fully saturated rings. The number of hydrogen-bond donors (Lipinski definition) is 1. The van der Waals surface area contributed by atoms with E-state index in [0.717, 1.165) is 19.3 Å². The van der Waals surface area contributed by atoms with Crippen LogP contribution < -0.4 is 25.1 Å². The summed E-state index contributed by atoms with van der Waals surface area (Å²) >= 11 is 1.31. The number of benzene rings is 2. The van der Waals surface area contributed by atoms with Crippen LogP contribution in [0.15, 0.2) is 58.0 Å². The minimum atomic E-state index is -0.455. The van der Waals surface area contributed by atoms with Crippen molar-refractivity contribution in [3.63, 3.8) is 0 Å². The third-order valence-electron chi connectivity index (χ3n) is 6.73. The third-order valence-corrected chi connectivity index (χ3v) is 8.09. The van der Waals surface area contributed by atoms with E-state index in [-0.39, 0.29) is 18.3 Å². The van der Waals surface area contributed by atoms with Gasteiger partial charge >= 0.3 is 0 Å². The van der Waals surface area contributed by atoms with Gasteiger partial charge in [0.15, 0.2) is 16.7 Å². The molecule has 1 aliphatic carbocycles. The van der Waals surface area contributed by atoms with Gasteiger partial charge < -0.3 is 19.5 Å². The van der Waals surface area contributed by atoms with E-state index in [4.69, 9.17) is 19.2 Å². The topological polar surface area (TPSA) is 91.7 Å². The zero-order valence-corrected chi connectivity index (χ0v) is 21.9. The molecule has 3 aromatic rings. The van der Waals surface area contributed by atoms with E-state index in [0.29, 0.717) is 52.0 Å². The van der Waals surface area contributed by atoms with Gasteiger partial charge in [-0.05, 0) is 56.7 Å². The Morgan fingerprint density at radius 3 is 2.78 bits per heavy atom. The van der Waals surface area contributed by atoms with Crippen molar-refractivity contribution >= 4 is 34.3 Å². The maximum Gasteiger partial charge on any atom is 0.262 e. The van der Waals surface area contributed by atoms with E-state index in [2.05, 4.69) is 11.4 Å². The quantitative estimate of drug-likeness (QED) is 0.225. The van der Waals surface area contributed by atoms with Crippen LogP contribution in [0.25, 0.3) is 10.9 Å². The first-order valence-electron chi connectivity index (χ1n) is 12.7. The summed E-state index contributed by atoms with van der Waals surface area (Å²) in [6.07, 6.45) is 8.20. The lowest BCUT2D eigenvalue weighted by Gasteiger charge is -2.20. The molecule has 0 unspecified atom stereocenters. The van der Waals surface area contributed by atoms with Gasteiger partial charge in [0.2, 0.25) is 12.7 Å². The third kappa shape index (κ3) is 5.46. The number of thioether (sulfide) groups is 1. The number of ether oxygens (including phenoxy) is 3. The number of carbonyl (C=O) groups is 1. The van der Waals surface area contributed by atoms with Crippen molar-refractivity contribution in [3.8, 4) is 17.2 Å². The van der Waals surface area contributed by atoms with Gasteiger partial charge in [-0.15, -0.1) is 0 Å². The average Bonchev–Trinajstić information content (AvgIpc) is 3.38. The molecule has 37 heavy (non-hydrogen) atoms. The molecule has 1 N–H and O–H groups in total. The Bertz CT molecular complexity index is 1400. The van der Waals surface area contributed by atoms with E-state index >= 15 is 0 Å². The van der Waals surface area contributed by atoms with Gasteiger partial charge in [-0.25, -0.2) is 4.98 Å². The van der Waals surface area contributed by atoms with Crippen LogP contribution in [0, 0.1) is 0 Å². The zero-order chi connectivity index (χ0) is 25.8. The van der Waals surface area contributed by atoms with Crippen molar-refractivity contribution in [3.05, 3.63) is 58.4 Å². The molecule has 1 aromatic heterocycles. The zero-order valence-electron chi connectivity index (χ0n) is 21.1. The molecule has 5 rings (SSSR count). The predicted molar refractivity (Wildman–Crippen MR) is 145 cm³/mol. The summed E-state index contributed by atoms with van der Waals surface area (Å²) in [7, 11) is 1.57. The Kier molecular flexibility index (Phi) is 7.69. The van der Waals surface area contributed by atoms with E-state index < -0.39 is 5.25 Å². The van der Waals surface area contributed by atoms with Crippen molar-refractivity contribution < 1.29 is 19.0 Å². The molecule has 1 aliphatic heterocycles. The summed E-state index contributed by atoms with van der Waals surface area (Å²) in [5.74, 6) is 1.55. The van der Waals surface area contributed by atoms with Gasteiger partial charge in [0.05, 0.1) is 29.0 Å². The van der Waals surface area contributed by atoms with Crippen molar-refractivity contribution in [2.45, 2.75) is 62.4 Å². The number of amides is 1. The second kappa shape index (κ2) is 11.3. The number of allylic oxidation sites excluding steroid dienone is 2. The number of rotatable bonds is 9. The summed E-state index contributed by atoms with van der Waals surface area (Å²) in [5.41, 5.74) is 2.38. The Balaban J connectivity index is 1.48. The highest BCUT2D eigenvalue weighted by Crippen LogP contribution is 2.36. The normalized spacial score (nSPS) is 15.4. The van der Waals surface area contributed by atoms with Gasteiger partial charge in [-0.2, -0.15) is 0 Å². The summed E-state index contributed by atoms with van der Waals surface area (Å²) in [5, 5.41) is 3.53. The highest BCUT2D eigenvalue weighted by atomic mass is 32.2. The summed E-state index contributed by atoms with van der Waals surface area (Å²) in [6.45, 7) is 2.58. The number of nitrogens with one attached hydrogen (secondary N) is 1. The van der Waals surface area contributed by atoms with Crippen LogP contribution in [-0.4, -0.2) is 34.6 Å². The number of nitrogens with zero attached hydrogens (tertiary/aromatic N) is 2. The van der Waals surface area contributed by atoms with Crippen LogP contribution in [0.5, 0.6) is 17.2 Å². The largest absolute Gasteiger partial charge is 0.495 e. The molecule has 0 spiro atoms. The van der Waals surface area contributed by atoms with Crippen molar-refractivity contribution in [1.29, 1.82) is 0 Å². The molecular formula is C28H31N3O5S. The minimum absolute atomic E-state index is 0.122. The van der Waals surface area contributed by atoms with Crippen molar-refractivity contribution in [2.75, 3.05) is 19.2 Å². The number of anilines is 1. The highest BCUT2D eigenvalue weighted by molar-refractivity contribution is 8.00. The van der Waals surface area contributed by atoms with E-state index in [1.807, 2.05) is 19.1 Å². The molecule has 2 aromatic carbocycles. The van der Waals surface area contributed by atoms with E-state index in [1.54, 1.807) is 35.9 Å². The highest BCUT2D eigenvalue weighted by Gasteiger charge is 2.24. The van der Waals surface area contributed by atoms with E-state index in [1.165, 1.54) is 30.2 Å². The molecule has 8 nitrogen and oxygen atoms in total. The molecule has 2 heterocycles. The summed E-state index contributed by atoms with van der Waals surface area (Å²) in [6, 6.07) is 10.8. The summed E-state index contributed by atoms with van der Waals surface area (Å²) in [4.78, 5) is 31.9. The maximum absolute atomic E-state index is 13.7. The maximum atomic E-state index is 13.7. The lowest BCUT2D eigenvalue weighted by Crippen LogP contribution is -2.28. The first-order valence-corrected chi connectivity index (χ1v) is 13.6. The number of para-hydroxylation sites is 2. The second-order valence-electron chi connectivity index (χ2n) is 9.14. The van der Waals surface area contributed by atoms with Gasteiger partial charge in [0.1, 0.15) is 5.75 Å². The minimum Gasteiger partial charge on any atom is -0.495 e. The standard InChI is InChI=1S/C28H31N3O5S/c1-3-25(26(32)29-20-11-7-8-12-22(20)34-2)37-28-30-21-16-24-23(35-17-36-24)15-19(21)27(33)31(28)14-13-18-9-5-4-6-10-18/h7-9,11-12,15-16,25H,3-6,10,13-14,17H2,1-2H3,(H,29,32)/t25-/m0/s1. The van der Waals surface area contributed by atoms with Crippen molar-refractivity contribution in [2.24, 2.45) is 0 Å². The van der Waals surface area contributed by atoms with Gasteiger partial charge in [0.25, 0.3) is 5.56 Å². The fourth-order valence-corrected chi connectivity index (χ4v) is 5.72. The molecule has 1 atom stereocenters. The van der Waals surface area contributed by atoms with Crippen LogP contribution in [-0.2, 0) is 11.3 Å². The molecule has 1 amide bonds. The predicted octanol–water partition coefficient (Wildman–Crippen LogP) is 5.53. The lowest BCUT2D eigenvalue weighted by molar-refractivity contribution is -0.115. The van der Waals surface area contributed by atoms with Crippen LogP contribution in [0.2, 0.25) is 0 Å². The number of hydrogen-bond acceptors (Lipinski definition) is 7. The van der Waals surface area contributed by atoms with Crippen LogP contribution in [0.4, 0.5) is 5.69 Å². The summed E-state index contributed by atoms with van der Waals surface area (Å²) < 4.78 is 18.1. The molecular weight excluding hydrogens is 490 g/mol. The Morgan fingerprint density at radius 1 is 1.22 bits per heavy atom. The monoisotopic (exact) mass is 521 g/mol. The SMILES string of the molecule is CC[C@H](Sc1nc2cc3c(cc2c(=O)n1CCC1=CCCCC1)OCO3)C(=O)Nc1ccccc1OC. The van der Waals surface area contributed by atoms with Crippen LogP contribution in [0.1, 0.15) is 45.4 Å². The van der Waals surface area contributed by atoms with Crippen molar-refractivity contribution in [1.82, 2.24) is 9.55 Å². The number of aromatic nitrogens is 2. The Hall–Kier alpha value is -3.46. The fraction of sp³-hybridized carbons (Fsp3) is 0.393. The Morgan fingerprint density at radius 2 is 2.03 bits per heavy atom. The number of methoxy groups -OCH3 is 1. The molecule has 9 heteroatoms. The molecule has 0 saturated heterocycles. The van der Waals surface area contributed by atoms with Gasteiger partial charge in [0, 0.05) is 12.6 Å². The first-order chi connectivity index (χ1) is 18.1. The molecule has 0 radical (unpaired) electrons. The molecule has 2 aliphatic rings. The smallest absolute Gasteiger partial charge is 0.262 e. The average molecular weight is 522 g/mol. The fourth-order valence-electron chi connectivity index (χ4n) is 4.68. The number of fused-ring (bicyclic) bond motifs is 2. The van der Waals surface area contributed by atoms with Gasteiger partial charge in [-0.1, -0.05) is 42.5 Å². The van der Waals surface area contributed by atoms with E-state index in [9.17, 15) is 9.59 Å². The number of carbonyl (C=O) groups excluding carboxylic acids is 1. The molecule has 194 valence electrons. The second-order valence-corrected chi connectivity index (χ2v) is 10.3. The Labute approximate surface area is 220 Å². The lowest BCUT2D eigenvalue weighted by atomic mass is 9.97.